The highest BCUT2D eigenvalue weighted by atomic mass is 32.1. The first kappa shape index (κ1) is 19.3. The van der Waals surface area contributed by atoms with E-state index in [1.807, 2.05) is 61.5 Å². The average Bonchev–Trinajstić information content (AvgIpc) is 3.63. The van der Waals surface area contributed by atoms with Gasteiger partial charge in [-0.2, -0.15) is 19.5 Å². The minimum absolute atomic E-state index is 0.531. The molecule has 0 radical (unpaired) electrons. The lowest BCUT2D eigenvalue weighted by Gasteiger charge is -2.00. The molecule has 0 amide bonds. The molecule has 0 atom stereocenters. The summed E-state index contributed by atoms with van der Waals surface area (Å²) in [5.41, 5.74) is 3.58. The van der Waals surface area contributed by atoms with E-state index < -0.39 is 0 Å². The van der Waals surface area contributed by atoms with Gasteiger partial charge in [-0.3, -0.25) is 0 Å². The van der Waals surface area contributed by atoms with Gasteiger partial charge in [0.25, 0.3) is 0 Å². The van der Waals surface area contributed by atoms with Gasteiger partial charge in [0, 0.05) is 5.56 Å². The van der Waals surface area contributed by atoms with Gasteiger partial charge >= 0.3 is 0 Å². The summed E-state index contributed by atoms with van der Waals surface area (Å²) in [6, 6.07) is 17.4. The van der Waals surface area contributed by atoms with E-state index in [9.17, 15) is 0 Å². The molecule has 0 saturated carbocycles. The van der Waals surface area contributed by atoms with E-state index in [4.69, 9.17) is 14.4 Å². The van der Waals surface area contributed by atoms with Crippen molar-refractivity contribution in [3.05, 3.63) is 66.6 Å². The van der Waals surface area contributed by atoms with Crippen LogP contribution in [0.15, 0.2) is 65.3 Å². The van der Waals surface area contributed by atoms with Crippen molar-refractivity contribution >= 4 is 16.3 Å². The first-order valence-electron chi connectivity index (χ1n) is 10.0. The molecule has 0 N–H and O–H groups in total. The molecule has 2 aromatic carbocycles. The molecule has 0 bridgehead atoms. The van der Waals surface area contributed by atoms with E-state index >= 15 is 0 Å². The second-order valence-corrected chi connectivity index (χ2v) is 8.13. The summed E-state index contributed by atoms with van der Waals surface area (Å²) in [4.78, 5) is 2.21. The van der Waals surface area contributed by atoms with Gasteiger partial charge in [0.05, 0.1) is 24.6 Å². The number of hydrogen-bond donors (Lipinski definition) is 0. The molecular formula is C22H16N8O2S. The summed E-state index contributed by atoms with van der Waals surface area (Å²) in [5.74, 6) is 1.91. The van der Waals surface area contributed by atoms with Crippen molar-refractivity contribution in [2.24, 2.45) is 0 Å². The van der Waals surface area contributed by atoms with Crippen LogP contribution in [0.3, 0.4) is 0 Å². The van der Waals surface area contributed by atoms with E-state index in [-0.39, 0.29) is 0 Å². The fraction of sp³-hybridized carbons (Fsp3) is 0.0909. The van der Waals surface area contributed by atoms with Gasteiger partial charge in [-0.1, -0.05) is 34.7 Å². The Hall–Kier alpha value is -4.38. The van der Waals surface area contributed by atoms with Crippen LogP contribution in [0.4, 0.5) is 0 Å². The van der Waals surface area contributed by atoms with Crippen molar-refractivity contribution in [2.45, 2.75) is 6.92 Å². The molecule has 4 heterocycles. The van der Waals surface area contributed by atoms with Crippen molar-refractivity contribution in [1.82, 2.24) is 40.0 Å². The molecule has 0 aliphatic heterocycles. The zero-order valence-corrected chi connectivity index (χ0v) is 18.4. The average molecular weight is 456 g/mol. The predicted molar refractivity (Wildman–Crippen MR) is 121 cm³/mol. The van der Waals surface area contributed by atoms with Crippen LogP contribution >= 0.6 is 11.3 Å². The van der Waals surface area contributed by atoms with Crippen molar-refractivity contribution in [3.8, 4) is 44.8 Å². The highest BCUT2D eigenvalue weighted by Crippen LogP contribution is 2.34. The number of aryl methyl sites for hydroxylation is 1. The Balaban J connectivity index is 1.42. The van der Waals surface area contributed by atoms with Gasteiger partial charge in [0.15, 0.2) is 5.82 Å². The summed E-state index contributed by atoms with van der Waals surface area (Å²) >= 11 is 1.45. The molecule has 10 nitrogen and oxygen atoms in total. The zero-order valence-electron chi connectivity index (χ0n) is 17.6. The van der Waals surface area contributed by atoms with Gasteiger partial charge in [0.2, 0.25) is 4.96 Å². The highest BCUT2D eigenvalue weighted by molar-refractivity contribution is 7.19. The molecule has 4 aromatic heterocycles. The van der Waals surface area contributed by atoms with Crippen LogP contribution in [-0.4, -0.2) is 47.1 Å². The zero-order chi connectivity index (χ0) is 22.4. The lowest BCUT2D eigenvalue weighted by Crippen LogP contribution is -1.98. The molecular weight excluding hydrogens is 440 g/mol. The Kier molecular flexibility index (Phi) is 4.47. The van der Waals surface area contributed by atoms with E-state index in [1.165, 1.54) is 11.3 Å². The second kappa shape index (κ2) is 7.64. The van der Waals surface area contributed by atoms with Crippen molar-refractivity contribution in [2.75, 3.05) is 7.11 Å². The molecule has 0 aliphatic rings. The number of methoxy groups -OCH3 is 1. The van der Waals surface area contributed by atoms with Crippen molar-refractivity contribution < 1.29 is 9.26 Å². The molecule has 33 heavy (non-hydrogen) atoms. The number of fused-ring (bicyclic) bond motifs is 1. The number of para-hydroxylation sites is 1. The quantitative estimate of drug-likeness (QED) is 0.382. The Labute approximate surface area is 191 Å². The predicted octanol–water partition coefficient (Wildman–Crippen LogP) is 4.07. The largest absolute Gasteiger partial charge is 0.497 e. The minimum Gasteiger partial charge on any atom is -0.497 e. The van der Waals surface area contributed by atoms with Crippen LogP contribution in [0.1, 0.15) is 5.76 Å². The Morgan fingerprint density at radius 3 is 2.58 bits per heavy atom. The molecule has 6 aromatic rings. The third-order valence-electron chi connectivity index (χ3n) is 5.14. The van der Waals surface area contributed by atoms with Gasteiger partial charge in [0.1, 0.15) is 27.9 Å². The summed E-state index contributed by atoms with van der Waals surface area (Å²) < 4.78 is 12.5. The lowest BCUT2D eigenvalue weighted by molar-refractivity contribution is 0.400. The number of nitrogens with zero attached hydrogens (tertiary/aromatic N) is 8. The number of ether oxygens (including phenoxy) is 1. The van der Waals surface area contributed by atoms with Crippen LogP contribution in [0, 0.1) is 6.92 Å². The summed E-state index contributed by atoms with van der Waals surface area (Å²) in [5, 5.41) is 27.4. The standard InChI is InChI=1S/C22H16N8O2S/c1-13-18(19(28-32-13)17-12-23-30(26-17)15-6-4-3-5-7-15)20-24-25-22-29(20)27-21(33-22)14-8-10-16(31-2)11-9-14/h3-12H,1-2H3. The van der Waals surface area contributed by atoms with Crippen LogP contribution in [0.2, 0.25) is 0 Å². The first-order valence-corrected chi connectivity index (χ1v) is 10.8. The van der Waals surface area contributed by atoms with Crippen LogP contribution in [-0.2, 0) is 0 Å². The molecule has 0 saturated heterocycles. The molecule has 6 rings (SSSR count). The molecule has 0 aliphatic carbocycles. The Bertz CT molecular complexity index is 1560. The van der Waals surface area contributed by atoms with Gasteiger partial charge in [-0.15, -0.1) is 15.3 Å². The molecule has 0 spiro atoms. The van der Waals surface area contributed by atoms with Crippen molar-refractivity contribution in [3.63, 3.8) is 0 Å². The third kappa shape index (κ3) is 3.26. The SMILES string of the molecule is COc1ccc(-c2nn3c(-c4c(-c5cnn(-c6ccccc6)n5)noc4C)nnc3s2)cc1. The number of benzene rings is 2. The fourth-order valence-corrected chi connectivity index (χ4v) is 4.34. The Morgan fingerprint density at radius 2 is 1.79 bits per heavy atom. The topological polar surface area (TPSA) is 109 Å². The maximum atomic E-state index is 5.51. The fourth-order valence-electron chi connectivity index (χ4n) is 3.49. The minimum atomic E-state index is 0.531. The Morgan fingerprint density at radius 1 is 0.970 bits per heavy atom. The number of aromatic nitrogens is 8. The summed E-state index contributed by atoms with van der Waals surface area (Å²) in [6.07, 6.45) is 1.65. The second-order valence-electron chi connectivity index (χ2n) is 7.17. The molecule has 0 unspecified atom stereocenters. The maximum absolute atomic E-state index is 5.51. The summed E-state index contributed by atoms with van der Waals surface area (Å²) in [7, 11) is 1.64. The number of hydrogen-bond acceptors (Lipinski definition) is 9. The van der Waals surface area contributed by atoms with Gasteiger partial charge in [-0.05, 0) is 43.3 Å². The normalized spacial score (nSPS) is 11.3. The lowest BCUT2D eigenvalue weighted by atomic mass is 10.1. The van der Waals surface area contributed by atoms with Crippen LogP contribution < -0.4 is 4.74 Å². The van der Waals surface area contributed by atoms with E-state index in [1.54, 1.807) is 22.6 Å². The molecule has 11 heteroatoms. The van der Waals surface area contributed by atoms with Crippen LogP contribution in [0.5, 0.6) is 5.75 Å². The van der Waals surface area contributed by atoms with Gasteiger partial charge < -0.3 is 9.26 Å². The van der Waals surface area contributed by atoms with Crippen LogP contribution in [0.25, 0.3) is 44.0 Å². The van der Waals surface area contributed by atoms with Gasteiger partial charge in [-0.25, -0.2) is 0 Å². The number of rotatable bonds is 5. The maximum Gasteiger partial charge on any atom is 0.235 e. The summed E-state index contributed by atoms with van der Waals surface area (Å²) in [6.45, 7) is 1.82. The highest BCUT2D eigenvalue weighted by Gasteiger charge is 2.25. The van der Waals surface area contributed by atoms with E-state index in [2.05, 4.69) is 25.6 Å². The smallest absolute Gasteiger partial charge is 0.235 e. The molecule has 162 valence electrons. The van der Waals surface area contributed by atoms with E-state index in [0.29, 0.717) is 33.5 Å². The van der Waals surface area contributed by atoms with Crippen molar-refractivity contribution in [1.29, 1.82) is 0 Å². The van der Waals surface area contributed by atoms with E-state index in [0.717, 1.165) is 22.0 Å². The monoisotopic (exact) mass is 456 g/mol. The first-order chi connectivity index (χ1) is 16.2. The third-order valence-corrected chi connectivity index (χ3v) is 6.08. The molecule has 0 fully saturated rings.